The van der Waals surface area contributed by atoms with E-state index < -0.39 is 10.0 Å². The highest BCUT2D eigenvalue weighted by Crippen LogP contribution is 2.30. The predicted molar refractivity (Wildman–Crippen MR) is 69.7 cm³/mol. The van der Waals surface area contributed by atoms with Crippen LogP contribution >= 0.6 is 0 Å². The van der Waals surface area contributed by atoms with Gasteiger partial charge in [-0.3, -0.25) is 4.68 Å². The lowest BCUT2D eigenvalue weighted by Gasteiger charge is -2.37. The van der Waals surface area contributed by atoms with Crippen molar-refractivity contribution in [3.63, 3.8) is 0 Å². The van der Waals surface area contributed by atoms with Crippen molar-refractivity contribution in [3.8, 4) is 0 Å². The van der Waals surface area contributed by atoms with Crippen molar-refractivity contribution in [2.75, 3.05) is 0 Å². The minimum Gasteiger partial charge on any atom is -0.274 e. The molecule has 0 amide bonds. The highest BCUT2D eigenvalue weighted by Gasteiger charge is 2.37. The molecule has 18 heavy (non-hydrogen) atoms. The van der Waals surface area contributed by atoms with Crippen LogP contribution in [0.3, 0.4) is 0 Å². The molecule has 0 aliphatic carbocycles. The quantitative estimate of drug-likeness (QED) is 0.822. The third-order valence-corrected chi connectivity index (χ3v) is 5.87. The van der Waals surface area contributed by atoms with Gasteiger partial charge in [0.15, 0.2) is 0 Å². The van der Waals surface area contributed by atoms with Crippen LogP contribution in [0, 0.1) is 6.92 Å². The molecule has 0 aromatic carbocycles. The Hall–Kier alpha value is -0.880. The lowest BCUT2D eigenvalue weighted by molar-refractivity contribution is 0.204. The maximum absolute atomic E-state index is 12.7. The largest absolute Gasteiger partial charge is 0.274 e. The first-order valence-electron chi connectivity index (χ1n) is 6.38. The average molecular weight is 271 g/mol. The van der Waals surface area contributed by atoms with E-state index in [0.29, 0.717) is 10.6 Å². The zero-order chi connectivity index (χ0) is 13.5. The van der Waals surface area contributed by atoms with Crippen molar-refractivity contribution < 1.29 is 8.42 Å². The number of aryl methyl sites for hydroxylation is 2. The van der Waals surface area contributed by atoms with E-state index in [1.54, 1.807) is 29.2 Å². The van der Waals surface area contributed by atoms with Gasteiger partial charge in [-0.1, -0.05) is 6.42 Å². The second-order valence-corrected chi connectivity index (χ2v) is 7.03. The summed E-state index contributed by atoms with van der Waals surface area (Å²) in [6.07, 6.45) is 4.56. The molecular formula is C12H21N3O2S. The SMILES string of the molecule is Cc1nn(C)cc1S(=O)(=O)N1C(C)CCCC1C. The predicted octanol–water partition coefficient (Wildman–Crippen LogP) is 1.68. The molecule has 1 aliphatic heterocycles. The molecule has 0 spiro atoms. The van der Waals surface area contributed by atoms with Gasteiger partial charge in [0.2, 0.25) is 10.0 Å². The molecule has 2 heterocycles. The van der Waals surface area contributed by atoms with Crippen LogP contribution < -0.4 is 0 Å². The summed E-state index contributed by atoms with van der Waals surface area (Å²) in [6, 6.07) is 0.136. The van der Waals surface area contributed by atoms with Gasteiger partial charge >= 0.3 is 0 Å². The Balaban J connectivity index is 2.44. The lowest BCUT2D eigenvalue weighted by atomic mass is 10.0. The smallest absolute Gasteiger partial charge is 0.246 e. The first-order chi connectivity index (χ1) is 8.34. The van der Waals surface area contributed by atoms with Crippen LogP contribution in [0.1, 0.15) is 38.8 Å². The molecule has 1 aromatic heterocycles. The number of hydrogen-bond acceptors (Lipinski definition) is 3. The Morgan fingerprint density at radius 3 is 2.28 bits per heavy atom. The number of nitrogens with zero attached hydrogens (tertiary/aromatic N) is 3. The van der Waals surface area contributed by atoms with Crippen molar-refractivity contribution in [2.24, 2.45) is 7.05 Å². The van der Waals surface area contributed by atoms with Gasteiger partial charge in [-0.15, -0.1) is 0 Å². The van der Waals surface area contributed by atoms with Gasteiger partial charge in [0.25, 0.3) is 0 Å². The molecule has 102 valence electrons. The minimum atomic E-state index is -3.42. The van der Waals surface area contributed by atoms with Crippen LogP contribution in [0.5, 0.6) is 0 Å². The fraction of sp³-hybridized carbons (Fsp3) is 0.750. The van der Waals surface area contributed by atoms with Crippen molar-refractivity contribution in [2.45, 2.75) is 57.0 Å². The van der Waals surface area contributed by atoms with E-state index in [9.17, 15) is 8.42 Å². The molecule has 0 N–H and O–H groups in total. The zero-order valence-corrected chi connectivity index (χ0v) is 12.2. The van der Waals surface area contributed by atoms with Crippen LogP contribution in [0.25, 0.3) is 0 Å². The molecule has 2 unspecified atom stereocenters. The topological polar surface area (TPSA) is 55.2 Å². The van der Waals surface area contributed by atoms with Gasteiger partial charge in [-0.25, -0.2) is 8.42 Å². The summed E-state index contributed by atoms with van der Waals surface area (Å²) in [5.74, 6) is 0. The van der Waals surface area contributed by atoms with Crippen molar-refractivity contribution in [1.29, 1.82) is 0 Å². The van der Waals surface area contributed by atoms with Gasteiger partial charge in [0, 0.05) is 25.3 Å². The molecule has 0 radical (unpaired) electrons. The summed E-state index contributed by atoms with van der Waals surface area (Å²) in [4.78, 5) is 0.339. The van der Waals surface area contributed by atoms with E-state index in [4.69, 9.17) is 0 Å². The number of hydrogen-bond donors (Lipinski definition) is 0. The third-order valence-electron chi connectivity index (χ3n) is 3.64. The van der Waals surface area contributed by atoms with E-state index >= 15 is 0 Å². The molecular weight excluding hydrogens is 250 g/mol. The van der Waals surface area contributed by atoms with E-state index in [1.807, 2.05) is 13.8 Å². The molecule has 1 fully saturated rings. The number of piperidine rings is 1. The van der Waals surface area contributed by atoms with E-state index in [2.05, 4.69) is 5.10 Å². The highest BCUT2D eigenvalue weighted by atomic mass is 32.2. The van der Waals surface area contributed by atoms with Crippen LogP contribution in [0.4, 0.5) is 0 Å². The molecule has 5 nitrogen and oxygen atoms in total. The molecule has 1 aliphatic rings. The Morgan fingerprint density at radius 1 is 1.28 bits per heavy atom. The summed E-state index contributed by atoms with van der Waals surface area (Å²) < 4.78 is 28.6. The second kappa shape index (κ2) is 4.66. The summed E-state index contributed by atoms with van der Waals surface area (Å²) in [7, 11) is -1.68. The summed E-state index contributed by atoms with van der Waals surface area (Å²) in [5.41, 5.74) is 0.572. The summed E-state index contributed by atoms with van der Waals surface area (Å²) >= 11 is 0. The molecule has 2 atom stereocenters. The third kappa shape index (κ3) is 2.19. The first-order valence-corrected chi connectivity index (χ1v) is 7.82. The summed E-state index contributed by atoms with van der Waals surface area (Å²) in [5, 5.41) is 4.13. The highest BCUT2D eigenvalue weighted by molar-refractivity contribution is 7.89. The molecule has 1 saturated heterocycles. The van der Waals surface area contributed by atoms with Gasteiger partial charge in [-0.2, -0.15) is 9.40 Å². The molecule has 0 saturated carbocycles. The number of rotatable bonds is 2. The monoisotopic (exact) mass is 271 g/mol. The van der Waals surface area contributed by atoms with Crippen molar-refractivity contribution in [1.82, 2.24) is 14.1 Å². The van der Waals surface area contributed by atoms with Crippen LogP contribution in [0.2, 0.25) is 0 Å². The molecule has 0 bridgehead atoms. The van der Waals surface area contributed by atoms with E-state index in [0.717, 1.165) is 19.3 Å². The van der Waals surface area contributed by atoms with Crippen molar-refractivity contribution >= 4 is 10.0 Å². The minimum absolute atomic E-state index is 0.0679. The van der Waals surface area contributed by atoms with Gasteiger partial charge in [-0.05, 0) is 33.6 Å². The molecule has 6 heteroatoms. The van der Waals surface area contributed by atoms with Crippen molar-refractivity contribution in [3.05, 3.63) is 11.9 Å². The van der Waals surface area contributed by atoms with E-state index in [1.165, 1.54) is 0 Å². The fourth-order valence-corrected chi connectivity index (χ4v) is 4.90. The second-order valence-electron chi connectivity index (χ2n) is 5.22. The van der Waals surface area contributed by atoms with Gasteiger partial charge < -0.3 is 0 Å². The van der Waals surface area contributed by atoms with E-state index in [-0.39, 0.29) is 12.1 Å². The van der Waals surface area contributed by atoms with Crippen LogP contribution in [-0.4, -0.2) is 34.6 Å². The first kappa shape index (κ1) is 13.5. The zero-order valence-electron chi connectivity index (χ0n) is 11.4. The van der Waals surface area contributed by atoms with Crippen LogP contribution in [0.15, 0.2) is 11.1 Å². The molecule has 2 rings (SSSR count). The summed E-state index contributed by atoms with van der Waals surface area (Å²) in [6.45, 7) is 5.71. The van der Waals surface area contributed by atoms with Crippen LogP contribution in [-0.2, 0) is 17.1 Å². The Kier molecular flexibility index (Phi) is 3.51. The Morgan fingerprint density at radius 2 is 1.83 bits per heavy atom. The van der Waals surface area contributed by atoms with Gasteiger partial charge in [0.1, 0.15) is 4.90 Å². The van der Waals surface area contributed by atoms with Gasteiger partial charge in [0.05, 0.1) is 5.69 Å². The molecule has 1 aromatic rings. The number of sulfonamides is 1. The maximum Gasteiger partial charge on any atom is 0.246 e. The Bertz CT molecular complexity index is 526. The average Bonchev–Trinajstić information content (AvgIpc) is 2.57. The fourth-order valence-electron chi connectivity index (χ4n) is 2.82. The normalized spacial score (nSPS) is 26.4. The lowest BCUT2D eigenvalue weighted by Crippen LogP contribution is -2.47. The maximum atomic E-state index is 12.7. The Labute approximate surface area is 109 Å². The standard InChI is InChI=1S/C12H21N3O2S/c1-9-6-5-7-10(2)15(9)18(16,17)12-8-14(4)13-11(12)3/h8-10H,5-7H2,1-4H3. The number of aromatic nitrogens is 2.